The van der Waals surface area contributed by atoms with Crippen molar-refractivity contribution in [1.82, 2.24) is 20.9 Å². The van der Waals surface area contributed by atoms with E-state index in [2.05, 4.69) is 20.9 Å². The van der Waals surface area contributed by atoms with Crippen LogP contribution in [-0.4, -0.2) is 87.6 Å². The Morgan fingerprint density at radius 3 is 2.17 bits per heavy atom. The van der Waals surface area contributed by atoms with Gasteiger partial charge in [-0.3, -0.25) is 19.2 Å². The molecule has 0 aliphatic carbocycles. The molecule has 0 aliphatic rings. The van der Waals surface area contributed by atoms with E-state index in [-0.39, 0.29) is 32.1 Å². The molecule has 10 N–H and O–H groups in total. The summed E-state index contributed by atoms with van der Waals surface area (Å²) < 4.78 is 0. The van der Waals surface area contributed by atoms with Crippen LogP contribution in [-0.2, 0) is 30.4 Å². The summed E-state index contributed by atoms with van der Waals surface area (Å²) in [4.78, 5) is 65.1. The van der Waals surface area contributed by atoms with Crippen molar-refractivity contribution in [2.75, 3.05) is 18.6 Å². The van der Waals surface area contributed by atoms with Crippen LogP contribution in [0.25, 0.3) is 10.9 Å². The predicted octanol–water partition coefficient (Wildman–Crippen LogP) is 0.324. The number of fused-ring (bicyclic) bond motifs is 1. The summed E-state index contributed by atoms with van der Waals surface area (Å²) in [5.74, 6) is -3.80. The van der Waals surface area contributed by atoms with Gasteiger partial charge >= 0.3 is 11.9 Å². The molecule has 0 saturated carbocycles. The number of carbonyl (C=O) groups is 5. The first kappa shape index (κ1) is 33.6. The number of hydrogen-bond donors (Lipinski definition) is 8. The Hall–Kier alpha value is -3.62. The van der Waals surface area contributed by atoms with E-state index >= 15 is 0 Å². The van der Waals surface area contributed by atoms with Crippen molar-refractivity contribution in [3.63, 3.8) is 0 Å². The van der Waals surface area contributed by atoms with E-state index < -0.39 is 53.8 Å². The largest absolute Gasteiger partial charge is 0.481 e. The zero-order valence-corrected chi connectivity index (χ0v) is 23.9. The maximum atomic E-state index is 13.3. The summed E-state index contributed by atoms with van der Waals surface area (Å²) in [5.41, 5.74) is 12.9. The Morgan fingerprint density at radius 2 is 1.54 bits per heavy atom. The molecule has 41 heavy (non-hydrogen) atoms. The number of nitrogens with one attached hydrogen (secondary N) is 4. The van der Waals surface area contributed by atoms with E-state index in [1.165, 1.54) is 11.8 Å². The number of aromatic nitrogens is 1. The number of carbonyl (C=O) groups excluding carboxylic acids is 3. The monoisotopic (exact) mass is 592 g/mol. The van der Waals surface area contributed by atoms with Gasteiger partial charge in [0.15, 0.2) is 0 Å². The summed E-state index contributed by atoms with van der Waals surface area (Å²) in [5, 5.41) is 27.3. The van der Waals surface area contributed by atoms with Gasteiger partial charge in [-0.2, -0.15) is 11.8 Å². The van der Waals surface area contributed by atoms with E-state index in [0.717, 1.165) is 16.5 Å². The van der Waals surface area contributed by atoms with Gasteiger partial charge in [0.1, 0.15) is 18.1 Å². The molecule has 0 saturated heterocycles. The molecule has 1 heterocycles. The summed E-state index contributed by atoms with van der Waals surface area (Å²) in [6, 6.07) is 2.93. The number of benzene rings is 1. The first-order valence-corrected chi connectivity index (χ1v) is 14.8. The first-order chi connectivity index (χ1) is 19.6. The van der Waals surface area contributed by atoms with Crippen molar-refractivity contribution in [1.29, 1.82) is 0 Å². The van der Waals surface area contributed by atoms with Gasteiger partial charge < -0.3 is 42.6 Å². The van der Waals surface area contributed by atoms with E-state index in [1.54, 1.807) is 6.20 Å². The summed E-state index contributed by atoms with van der Waals surface area (Å²) in [6.45, 7) is 0.381. The first-order valence-electron chi connectivity index (χ1n) is 13.4. The van der Waals surface area contributed by atoms with Gasteiger partial charge in [0.05, 0.1) is 6.04 Å². The third kappa shape index (κ3) is 11.1. The molecule has 14 heteroatoms. The number of amides is 3. The van der Waals surface area contributed by atoms with Crippen molar-refractivity contribution >= 4 is 52.3 Å². The highest BCUT2D eigenvalue weighted by Gasteiger charge is 2.30. The highest BCUT2D eigenvalue weighted by Crippen LogP contribution is 2.19. The number of hydrogen-bond acceptors (Lipinski definition) is 8. The molecule has 0 spiro atoms. The van der Waals surface area contributed by atoms with Crippen molar-refractivity contribution in [3.8, 4) is 0 Å². The number of carboxylic acids is 2. The smallest absolute Gasteiger partial charge is 0.326 e. The van der Waals surface area contributed by atoms with Crippen LogP contribution in [0.15, 0.2) is 30.5 Å². The lowest BCUT2D eigenvalue weighted by atomic mass is 10.0. The zero-order valence-electron chi connectivity index (χ0n) is 23.1. The second-order valence-electron chi connectivity index (χ2n) is 9.69. The van der Waals surface area contributed by atoms with Gasteiger partial charge in [0.2, 0.25) is 17.7 Å². The van der Waals surface area contributed by atoms with Crippen LogP contribution >= 0.6 is 11.8 Å². The summed E-state index contributed by atoms with van der Waals surface area (Å²) >= 11 is 1.45. The normalized spacial score (nSPS) is 14.0. The number of aliphatic carboxylic acids is 2. The lowest BCUT2D eigenvalue weighted by Gasteiger charge is -2.25. The average Bonchev–Trinajstić information content (AvgIpc) is 3.35. The molecule has 1 aromatic carbocycles. The maximum Gasteiger partial charge on any atom is 0.326 e. The Labute approximate surface area is 242 Å². The Balaban J connectivity index is 2.15. The molecule has 13 nitrogen and oxygen atoms in total. The molecule has 0 fully saturated rings. The molecule has 2 aromatic rings. The maximum absolute atomic E-state index is 13.3. The quantitative estimate of drug-likeness (QED) is 0.104. The molecule has 0 aliphatic heterocycles. The van der Waals surface area contributed by atoms with Crippen molar-refractivity contribution in [2.45, 2.75) is 69.1 Å². The van der Waals surface area contributed by atoms with Gasteiger partial charge in [-0.15, -0.1) is 0 Å². The minimum Gasteiger partial charge on any atom is -0.481 e. The van der Waals surface area contributed by atoms with Crippen LogP contribution in [0.4, 0.5) is 0 Å². The topological polar surface area (TPSA) is 230 Å². The molecule has 2 rings (SSSR count). The second-order valence-corrected chi connectivity index (χ2v) is 10.7. The number of para-hydroxylation sites is 1. The van der Waals surface area contributed by atoms with E-state index in [1.807, 2.05) is 30.5 Å². The van der Waals surface area contributed by atoms with Gasteiger partial charge in [-0.1, -0.05) is 18.2 Å². The second kappa shape index (κ2) is 17.3. The van der Waals surface area contributed by atoms with E-state index in [0.29, 0.717) is 25.1 Å². The molecule has 4 atom stereocenters. The van der Waals surface area contributed by atoms with Crippen molar-refractivity contribution in [3.05, 3.63) is 36.0 Å². The molecular weight excluding hydrogens is 552 g/mol. The number of rotatable bonds is 19. The standard InChI is InChI=1S/C27H40N6O7S/c1-41-13-11-21(26(38)33-22(27(39)40)14-16-15-30-19-7-3-2-6-17(16)19)32-25(37)20(8-4-5-12-28)31-24(36)18(29)9-10-23(34)35/h2-3,6-7,15,18,20-22,30H,4-5,8-14,28-29H2,1H3,(H,31,36)(H,32,37)(H,33,38)(H,34,35)(H,39,40). The van der Waals surface area contributed by atoms with Gasteiger partial charge in [-0.25, -0.2) is 4.79 Å². The number of aromatic amines is 1. The molecule has 0 bridgehead atoms. The van der Waals surface area contributed by atoms with Crippen LogP contribution in [0.5, 0.6) is 0 Å². The third-order valence-electron chi connectivity index (χ3n) is 6.54. The van der Waals surface area contributed by atoms with Crippen LogP contribution in [0.3, 0.4) is 0 Å². The Kier molecular flexibility index (Phi) is 14.1. The lowest BCUT2D eigenvalue weighted by molar-refractivity contribution is -0.142. The highest BCUT2D eigenvalue weighted by molar-refractivity contribution is 7.98. The number of carboxylic acid groups (broad SMARTS) is 2. The average molecular weight is 593 g/mol. The summed E-state index contributed by atoms with van der Waals surface area (Å²) in [7, 11) is 0. The van der Waals surface area contributed by atoms with Crippen LogP contribution < -0.4 is 27.4 Å². The highest BCUT2D eigenvalue weighted by atomic mass is 32.2. The molecule has 4 unspecified atom stereocenters. The van der Waals surface area contributed by atoms with Gasteiger partial charge in [0.25, 0.3) is 0 Å². The minimum absolute atomic E-state index is 0.0281. The van der Waals surface area contributed by atoms with Gasteiger partial charge in [0, 0.05) is 29.9 Å². The van der Waals surface area contributed by atoms with Gasteiger partial charge in [-0.05, 0) is 62.3 Å². The predicted molar refractivity (Wildman–Crippen MR) is 156 cm³/mol. The summed E-state index contributed by atoms with van der Waals surface area (Å²) in [6.07, 6.45) is 4.69. The molecular formula is C27H40N6O7S. The fourth-order valence-corrected chi connectivity index (χ4v) is 4.69. The lowest BCUT2D eigenvalue weighted by Crippen LogP contribution is -2.57. The Morgan fingerprint density at radius 1 is 0.902 bits per heavy atom. The fourth-order valence-electron chi connectivity index (χ4n) is 4.22. The minimum atomic E-state index is -1.25. The molecule has 226 valence electrons. The Bertz CT molecular complexity index is 1190. The fraction of sp³-hybridized carbons (Fsp3) is 0.519. The number of nitrogens with two attached hydrogens (primary N) is 2. The van der Waals surface area contributed by atoms with Crippen molar-refractivity contribution < 1.29 is 34.2 Å². The SMILES string of the molecule is CSCCC(NC(=O)C(CCCCN)NC(=O)C(N)CCC(=O)O)C(=O)NC(Cc1c[nH]c2ccccc12)C(=O)O. The number of H-pyrrole nitrogens is 1. The van der Waals surface area contributed by atoms with Crippen LogP contribution in [0.2, 0.25) is 0 Å². The zero-order chi connectivity index (χ0) is 30.4. The van der Waals surface area contributed by atoms with Crippen LogP contribution in [0.1, 0.15) is 44.1 Å². The number of unbranched alkanes of at least 4 members (excludes halogenated alkanes) is 1. The van der Waals surface area contributed by atoms with E-state index in [9.17, 15) is 29.1 Å². The number of thioether (sulfide) groups is 1. The van der Waals surface area contributed by atoms with Crippen LogP contribution in [0, 0.1) is 0 Å². The third-order valence-corrected chi connectivity index (χ3v) is 7.19. The van der Waals surface area contributed by atoms with Crippen molar-refractivity contribution in [2.24, 2.45) is 11.5 Å². The molecule has 3 amide bonds. The van der Waals surface area contributed by atoms with E-state index in [4.69, 9.17) is 16.6 Å². The molecule has 0 radical (unpaired) electrons. The molecule has 1 aromatic heterocycles.